The Balaban J connectivity index is 1.66. The fourth-order valence-corrected chi connectivity index (χ4v) is 4.84. The van der Waals surface area contributed by atoms with Crippen LogP contribution in [0.5, 0.6) is 0 Å². The molecule has 1 aromatic carbocycles. The van der Waals surface area contributed by atoms with Crippen molar-refractivity contribution in [3.63, 3.8) is 0 Å². The summed E-state index contributed by atoms with van der Waals surface area (Å²) >= 11 is 7.77. The highest BCUT2D eigenvalue weighted by molar-refractivity contribution is 7.22. The number of nitrogens with one attached hydrogen (secondary N) is 1. The van der Waals surface area contributed by atoms with Gasteiger partial charge in [-0.2, -0.15) is 0 Å². The summed E-state index contributed by atoms with van der Waals surface area (Å²) in [6, 6.07) is 3.89. The van der Waals surface area contributed by atoms with Crippen molar-refractivity contribution in [2.24, 2.45) is 11.8 Å². The van der Waals surface area contributed by atoms with E-state index in [0.717, 1.165) is 58.4 Å². The number of thiazole rings is 1. The zero-order valence-electron chi connectivity index (χ0n) is 13.8. The molecule has 1 unspecified atom stereocenters. The molecule has 24 heavy (non-hydrogen) atoms. The second-order valence-electron chi connectivity index (χ2n) is 7.00. The molecule has 1 saturated carbocycles. The molecule has 1 aromatic heterocycles. The lowest BCUT2D eigenvalue weighted by molar-refractivity contribution is -0.119. The van der Waals surface area contributed by atoms with Crippen LogP contribution in [0.3, 0.4) is 0 Å². The predicted octanol–water partition coefficient (Wildman–Crippen LogP) is 4.00. The first-order valence-corrected chi connectivity index (χ1v) is 9.90. The van der Waals surface area contributed by atoms with Crippen LogP contribution in [0.4, 0.5) is 5.13 Å². The zero-order valence-corrected chi connectivity index (χ0v) is 15.4. The Kier molecular flexibility index (Phi) is 4.50. The molecule has 2 aromatic rings. The molecular weight excluding hydrogens is 342 g/mol. The number of halogens is 1. The third-order valence-electron chi connectivity index (χ3n) is 4.90. The van der Waals surface area contributed by atoms with E-state index in [-0.39, 0.29) is 11.8 Å². The summed E-state index contributed by atoms with van der Waals surface area (Å²) in [6.07, 6.45) is 4.41. The van der Waals surface area contributed by atoms with Crippen LogP contribution in [-0.2, 0) is 4.79 Å². The predicted molar refractivity (Wildman–Crippen MR) is 100 cm³/mol. The Morgan fingerprint density at radius 1 is 1.42 bits per heavy atom. The Labute approximate surface area is 151 Å². The van der Waals surface area contributed by atoms with E-state index >= 15 is 0 Å². The van der Waals surface area contributed by atoms with Gasteiger partial charge in [0.1, 0.15) is 0 Å². The topological polar surface area (TPSA) is 45.2 Å². The minimum atomic E-state index is 0.207. The van der Waals surface area contributed by atoms with Crippen LogP contribution < -0.4 is 10.2 Å². The summed E-state index contributed by atoms with van der Waals surface area (Å²) in [6.45, 7) is 4.88. The number of aromatic nitrogens is 1. The van der Waals surface area contributed by atoms with E-state index in [0.29, 0.717) is 5.92 Å². The molecule has 128 valence electrons. The van der Waals surface area contributed by atoms with Crippen molar-refractivity contribution in [3.8, 4) is 0 Å². The van der Waals surface area contributed by atoms with Crippen LogP contribution in [0.1, 0.15) is 31.2 Å². The third-order valence-corrected chi connectivity index (χ3v) is 6.15. The number of nitrogens with zero attached hydrogens (tertiary/aromatic N) is 2. The monoisotopic (exact) mass is 363 g/mol. The van der Waals surface area contributed by atoms with Crippen LogP contribution in [0, 0.1) is 18.8 Å². The quantitative estimate of drug-likeness (QED) is 0.892. The number of piperidine rings is 1. The Morgan fingerprint density at radius 2 is 2.25 bits per heavy atom. The van der Waals surface area contributed by atoms with Crippen molar-refractivity contribution >= 4 is 44.2 Å². The molecule has 1 amide bonds. The number of hydrogen-bond acceptors (Lipinski definition) is 4. The van der Waals surface area contributed by atoms with E-state index in [2.05, 4.69) is 5.32 Å². The van der Waals surface area contributed by atoms with E-state index in [4.69, 9.17) is 16.6 Å². The molecule has 4 nitrogen and oxygen atoms in total. The molecule has 2 aliphatic rings. The van der Waals surface area contributed by atoms with Gasteiger partial charge >= 0.3 is 0 Å². The molecule has 1 aliphatic heterocycles. The Bertz CT molecular complexity index is 765. The average molecular weight is 364 g/mol. The second-order valence-corrected chi connectivity index (χ2v) is 8.45. The first-order chi connectivity index (χ1) is 11.6. The van der Waals surface area contributed by atoms with Gasteiger partial charge in [0.25, 0.3) is 0 Å². The van der Waals surface area contributed by atoms with Gasteiger partial charge in [-0.1, -0.05) is 22.9 Å². The minimum absolute atomic E-state index is 0.207. The zero-order chi connectivity index (χ0) is 16.7. The van der Waals surface area contributed by atoms with Gasteiger partial charge in [0, 0.05) is 17.5 Å². The van der Waals surface area contributed by atoms with Crippen LogP contribution >= 0.6 is 22.9 Å². The Hall–Kier alpha value is -1.17. The largest absolute Gasteiger partial charge is 0.316 e. The molecule has 1 aliphatic carbocycles. The maximum Gasteiger partial charge on any atom is 0.231 e. The fraction of sp³-hybridized carbons (Fsp3) is 0.556. The molecule has 4 rings (SSSR count). The number of amides is 1. The highest BCUT2D eigenvalue weighted by Gasteiger charge is 2.36. The molecule has 1 N–H and O–H groups in total. The Morgan fingerprint density at radius 3 is 2.96 bits per heavy atom. The van der Waals surface area contributed by atoms with Gasteiger partial charge < -0.3 is 5.32 Å². The summed E-state index contributed by atoms with van der Waals surface area (Å²) in [4.78, 5) is 19.6. The van der Waals surface area contributed by atoms with Crippen molar-refractivity contribution in [1.82, 2.24) is 10.3 Å². The van der Waals surface area contributed by atoms with Crippen LogP contribution in [0.2, 0.25) is 5.02 Å². The summed E-state index contributed by atoms with van der Waals surface area (Å²) in [5.74, 6) is 0.972. The molecule has 1 saturated heterocycles. The molecule has 0 radical (unpaired) electrons. The molecule has 6 heteroatoms. The van der Waals surface area contributed by atoms with Gasteiger partial charge in [0.15, 0.2) is 5.13 Å². The number of carbonyl (C=O) groups excluding carboxylic acids is 1. The highest BCUT2D eigenvalue weighted by Crippen LogP contribution is 2.37. The number of anilines is 1. The lowest BCUT2D eigenvalue weighted by Gasteiger charge is -2.28. The number of rotatable bonds is 4. The lowest BCUT2D eigenvalue weighted by atomic mass is 9.99. The maximum absolute atomic E-state index is 12.9. The van der Waals surface area contributed by atoms with Crippen LogP contribution in [-0.4, -0.2) is 30.5 Å². The van der Waals surface area contributed by atoms with Gasteiger partial charge in [0.2, 0.25) is 5.91 Å². The summed E-state index contributed by atoms with van der Waals surface area (Å²) in [5.41, 5.74) is 2.04. The molecule has 2 fully saturated rings. The van der Waals surface area contributed by atoms with E-state index in [1.165, 1.54) is 12.8 Å². The van der Waals surface area contributed by atoms with Gasteiger partial charge in [-0.15, -0.1) is 0 Å². The van der Waals surface area contributed by atoms with Crippen molar-refractivity contribution in [1.29, 1.82) is 0 Å². The van der Waals surface area contributed by atoms with E-state index < -0.39 is 0 Å². The summed E-state index contributed by atoms with van der Waals surface area (Å²) in [5, 5.41) is 5.01. The number of benzene rings is 1. The molecular formula is C18H22ClN3OS. The second kappa shape index (κ2) is 6.62. The van der Waals surface area contributed by atoms with Gasteiger partial charge in [-0.05, 0) is 69.3 Å². The summed E-state index contributed by atoms with van der Waals surface area (Å²) < 4.78 is 1.06. The standard InChI is InChI=1S/C18H22ClN3OS/c1-11-7-14(19)8-15-16(11)21-18(24-15)22(17(23)13-4-5-13)10-12-3-2-6-20-9-12/h7-8,12-13,20H,2-6,9-10H2,1H3. The SMILES string of the molecule is Cc1cc(Cl)cc2sc(N(CC3CCCNC3)C(=O)C3CC3)nc12. The van der Waals surface area contributed by atoms with Crippen molar-refractivity contribution in [2.75, 3.05) is 24.5 Å². The van der Waals surface area contributed by atoms with Crippen molar-refractivity contribution in [2.45, 2.75) is 32.6 Å². The first kappa shape index (κ1) is 16.3. The summed E-state index contributed by atoms with van der Waals surface area (Å²) in [7, 11) is 0. The maximum atomic E-state index is 12.9. The van der Waals surface area contributed by atoms with E-state index in [1.54, 1.807) is 11.3 Å². The molecule has 1 atom stereocenters. The van der Waals surface area contributed by atoms with Crippen molar-refractivity contribution in [3.05, 3.63) is 22.7 Å². The van der Waals surface area contributed by atoms with Gasteiger partial charge in [-0.3, -0.25) is 9.69 Å². The number of carbonyl (C=O) groups is 1. The number of fused-ring (bicyclic) bond motifs is 1. The molecule has 0 spiro atoms. The third kappa shape index (κ3) is 3.30. The normalized spacial score (nSPS) is 21.2. The minimum Gasteiger partial charge on any atom is -0.316 e. The first-order valence-electron chi connectivity index (χ1n) is 8.70. The van der Waals surface area contributed by atoms with Crippen LogP contribution in [0.25, 0.3) is 10.2 Å². The lowest BCUT2D eigenvalue weighted by Crippen LogP contribution is -2.41. The molecule has 2 heterocycles. The van der Waals surface area contributed by atoms with Crippen molar-refractivity contribution < 1.29 is 4.79 Å². The molecule has 0 bridgehead atoms. The smallest absolute Gasteiger partial charge is 0.231 e. The number of hydrogen-bond donors (Lipinski definition) is 1. The van der Waals surface area contributed by atoms with Gasteiger partial charge in [0.05, 0.1) is 10.2 Å². The van der Waals surface area contributed by atoms with E-state index in [9.17, 15) is 4.79 Å². The van der Waals surface area contributed by atoms with E-state index in [1.807, 2.05) is 24.0 Å². The fourth-order valence-electron chi connectivity index (χ4n) is 3.41. The van der Waals surface area contributed by atoms with Gasteiger partial charge in [-0.25, -0.2) is 4.98 Å². The van der Waals surface area contributed by atoms with Crippen LogP contribution in [0.15, 0.2) is 12.1 Å². The number of aryl methyl sites for hydroxylation is 1. The highest BCUT2D eigenvalue weighted by atomic mass is 35.5. The average Bonchev–Trinajstić information content (AvgIpc) is 3.33.